The standard InChI is InChI=1S/C32H22Cl2N4O6S/c33-21-11-14-25(34)27(16-21)37-29(39)18-28(32(37)42)45-24-8-4-7-22(17-24)35-31(41)26(36-30(40)20-5-2-1-3-6-20)15-19-9-12-23(13-10-19)38(43)44/h1-17,28H,18H2,(H,35,41)(H,36,40)/b26-15-/t28-/m1/s1. The highest BCUT2D eigenvalue weighted by molar-refractivity contribution is 8.00. The van der Waals surface area contributed by atoms with Crippen LogP contribution in [0.4, 0.5) is 17.1 Å². The van der Waals surface area contributed by atoms with E-state index in [0.29, 0.717) is 26.7 Å². The smallest absolute Gasteiger partial charge is 0.272 e. The van der Waals surface area contributed by atoms with E-state index in [2.05, 4.69) is 10.6 Å². The molecule has 1 heterocycles. The molecule has 1 saturated heterocycles. The molecule has 1 aliphatic heterocycles. The van der Waals surface area contributed by atoms with Crippen molar-refractivity contribution in [2.24, 2.45) is 0 Å². The van der Waals surface area contributed by atoms with E-state index in [1.807, 2.05) is 0 Å². The molecular weight excluding hydrogens is 639 g/mol. The number of carbonyl (C=O) groups excluding carboxylic acids is 4. The highest BCUT2D eigenvalue weighted by Crippen LogP contribution is 2.38. The fraction of sp³-hybridized carbons (Fsp3) is 0.0625. The van der Waals surface area contributed by atoms with Crippen molar-refractivity contribution in [1.82, 2.24) is 5.32 Å². The first-order valence-electron chi connectivity index (χ1n) is 13.3. The molecule has 0 unspecified atom stereocenters. The molecule has 226 valence electrons. The van der Waals surface area contributed by atoms with Gasteiger partial charge in [0.2, 0.25) is 11.8 Å². The number of imide groups is 1. The van der Waals surface area contributed by atoms with Gasteiger partial charge in [-0.25, -0.2) is 4.90 Å². The predicted octanol–water partition coefficient (Wildman–Crippen LogP) is 6.74. The first-order chi connectivity index (χ1) is 21.6. The highest BCUT2D eigenvalue weighted by atomic mass is 35.5. The molecule has 0 radical (unpaired) electrons. The minimum atomic E-state index is -0.735. The fourth-order valence-corrected chi connectivity index (χ4v) is 5.90. The van der Waals surface area contributed by atoms with Crippen LogP contribution in [0, 0.1) is 10.1 Å². The number of rotatable bonds is 9. The fourth-order valence-electron chi connectivity index (χ4n) is 4.42. The molecular formula is C32H22Cl2N4O6S. The molecule has 0 bridgehead atoms. The van der Waals surface area contributed by atoms with E-state index >= 15 is 0 Å². The third-order valence-corrected chi connectivity index (χ3v) is 8.30. The minimum Gasteiger partial charge on any atom is -0.321 e. The molecule has 5 rings (SSSR count). The quantitative estimate of drug-likeness (QED) is 0.0877. The van der Waals surface area contributed by atoms with Gasteiger partial charge < -0.3 is 10.6 Å². The predicted molar refractivity (Wildman–Crippen MR) is 173 cm³/mol. The number of benzene rings is 4. The zero-order valence-electron chi connectivity index (χ0n) is 23.1. The lowest BCUT2D eigenvalue weighted by Crippen LogP contribution is -2.31. The minimum absolute atomic E-state index is 0.0590. The maximum atomic E-state index is 13.4. The molecule has 4 amide bonds. The van der Waals surface area contributed by atoms with E-state index in [4.69, 9.17) is 23.2 Å². The molecule has 10 nitrogen and oxygen atoms in total. The van der Waals surface area contributed by atoms with Crippen LogP contribution in [0.25, 0.3) is 6.08 Å². The van der Waals surface area contributed by atoms with Crippen molar-refractivity contribution in [1.29, 1.82) is 0 Å². The van der Waals surface area contributed by atoms with Gasteiger partial charge in [0.05, 0.1) is 20.9 Å². The average molecular weight is 662 g/mol. The summed E-state index contributed by atoms with van der Waals surface area (Å²) in [5, 5.41) is 16.2. The maximum Gasteiger partial charge on any atom is 0.272 e. The number of nitrogens with one attached hydrogen (secondary N) is 2. The van der Waals surface area contributed by atoms with Gasteiger partial charge in [0.15, 0.2) is 0 Å². The van der Waals surface area contributed by atoms with Crippen LogP contribution in [-0.2, 0) is 14.4 Å². The van der Waals surface area contributed by atoms with Crippen LogP contribution in [-0.4, -0.2) is 33.8 Å². The molecule has 45 heavy (non-hydrogen) atoms. The molecule has 4 aromatic rings. The second-order valence-corrected chi connectivity index (χ2v) is 11.8. The molecule has 13 heteroatoms. The first-order valence-corrected chi connectivity index (χ1v) is 14.9. The largest absolute Gasteiger partial charge is 0.321 e. The molecule has 0 aliphatic carbocycles. The molecule has 1 atom stereocenters. The number of thioether (sulfide) groups is 1. The Hall–Kier alpha value is -4.97. The zero-order valence-corrected chi connectivity index (χ0v) is 25.4. The highest BCUT2D eigenvalue weighted by Gasteiger charge is 2.41. The summed E-state index contributed by atoms with van der Waals surface area (Å²) < 4.78 is 0. The van der Waals surface area contributed by atoms with E-state index in [1.165, 1.54) is 42.5 Å². The summed E-state index contributed by atoms with van der Waals surface area (Å²) >= 11 is 13.5. The van der Waals surface area contributed by atoms with Gasteiger partial charge in [-0.05, 0) is 72.3 Å². The molecule has 1 aliphatic rings. The molecule has 0 aromatic heterocycles. The Kier molecular flexibility index (Phi) is 9.62. The molecule has 0 spiro atoms. The van der Waals surface area contributed by atoms with Crippen LogP contribution in [0.5, 0.6) is 0 Å². The van der Waals surface area contributed by atoms with Crippen LogP contribution >= 0.6 is 35.0 Å². The summed E-state index contributed by atoms with van der Waals surface area (Å²) in [5.74, 6) is -2.05. The second kappa shape index (κ2) is 13.8. The molecule has 2 N–H and O–H groups in total. The molecule has 4 aromatic carbocycles. The Bertz CT molecular complexity index is 1850. The number of amides is 4. The summed E-state index contributed by atoms with van der Waals surface area (Å²) in [7, 11) is 0. The maximum absolute atomic E-state index is 13.4. The van der Waals surface area contributed by atoms with Crippen molar-refractivity contribution in [2.45, 2.75) is 16.6 Å². The number of nitrogens with zero attached hydrogens (tertiary/aromatic N) is 2. The Balaban J connectivity index is 1.34. The van der Waals surface area contributed by atoms with Crippen molar-refractivity contribution < 1.29 is 24.1 Å². The number of anilines is 2. The number of carbonyl (C=O) groups is 4. The van der Waals surface area contributed by atoms with Crippen molar-refractivity contribution in [3.8, 4) is 0 Å². The van der Waals surface area contributed by atoms with Gasteiger partial charge in [0.1, 0.15) is 5.70 Å². The number of nitro groups is 1. The SMILES string of the molecule is O=C(Nc1cccc(S[C@@H]2CC(=O)N(c3cc(Cl)ccc3Cl)C2=O)c1)/C(=C/c1ccc([N+](=O)[O-])cc1)NC(=O)c1ccccc1. The van der Waals surface area contributed by atoms with Crippen molar-refractivity contribution >= 4 is 81.7 Å². The number of halogens is 2. The van der Waals surface area contributed by atoms with Gasteiger partial charge in [0, 0.05) is 39.7 Å². The van der Waals surface area contributed by atoms with Crippen molar-refractivity contribution in [3.63, 3.8) is 0 Å². The summed E-state index contributed by atoms with van der Waals surface area (Å²) in [6.45, 7) is 0. The zero-order chi connectivity index (χ0) is 32.1. The third kappa shape index (κ3) is 7.58. The average Bonchev–Trinajstić information content (AvgIpc) is 3.30. The summed E-state index contributed by atoms with van der Waals surface area (Å²) in [4.78, 5) is 64.5. The number of hydrogen-bond donors (Lipinski definition) is 2. The van der Waals surface area contributed by atoms with Gasteiger partial charge in [-0.2, -0.15) is 0 Å². The van der Waals surface area contributed by atoms with E-state index in [0.717, 1.165) is 16.7 Å². The van der Waals surface area contributed by atoms with Gasteiger partial charge in [-0.1, -0.05) is 47.5 Å². The Labute approximate surface area is 271 Å². The summed E-state index contributed by atoms with van der Waals surface area (Å²) in [5.41, 5.74) is 1.11. The number of hydrogen-bond acceptors (Lipinski definition) is 7. The van der Waals surface area contributed by atoms with Crippen molar-refractivity contribution in [3.05, 3.63) is 134 Å². The lowest BCUT2D eigenvalue weighted by molar-refractivity contribution is -0.384. The first kappa shape index (κ1) is 31.5. The number of nitro benzene ring substituents is 1. The lowest BCUT2D eigenvalue weighted by atomic mass is 10.1. The number of non-ortho nitro benzene ring substituents is 1. The van der Waals surface area contributed by atoms with Gasteiger partial charge in [-0.15, -0.1) is 11.8 Å². The van der Waals surface area contributed by atoms with Crippen LogP contribution in [0.2, 0.25) is 10.0 Å². The lowest BCUT2D eigenvalue weighted by Gasteiger charge is -2.17. The van der Waals surface area contributed by atoms with Crippen molar-refractivity contribution in [2.75, 3.05) is 10.2 Å². The topological polar surface area (TPSA) is 139 Å². The molecule has 1 fully saturated rings. The van der Waals surface area contributed by atoms with E-state index in [1.54, 1.807) is 60.7 Å². The Morgan fingerprint density at radius 2 is 1.67 bits per heavy atom. The third-order valence-electron chi connectivity index (χ3n) is 6.57. The van der Waals surface area contributed by atoms with E-state index in [9.17, 15) is 29.3 Å². The second-order valence-electron chi connectivity index (χ2n) is 9.68. The Morgan fingerprint density at radius 1 is 0.933 bits per heavy atom. The van der Waals surface area contributed by atoms with Crippen LogP contribution in [0.15, 0.2) is 108 Å². The van der Waals surface area contributed by atoms with Crippen LogP contribution in [0.1, 0.15) is 22.3 Å². The van der Waals surface area contributed by atoms with Gasteiger partial charge in [0.25, 0.3) is 17.5 Å². The summed E-state index contributed by atoms with van der Waals surface area (Å²) in [6, 6.07) is 25.0. The van der Waals surface area contributed by atoms with Crippen LogP contribution < -0.4 is 15.5 Å². The van der Waals surface area contributed by atoms with E-state index < -0.39 is 33.8 Å². The summed E-state index contributed by atoms with van der Waals surface area (Å²) in [6.07, 6.45) is 1.34. The van der Waals surface area contributed by atoms with Crippen LogP contribution in [0.3, 0.4) is 0 Å². The van der Waals surface area contributed by atoms with Gasteiger partial charge in [-0.3, -0.25) is 29.3 Å². The monoisotopic (exact) mass is 660 g/mol. The van der Waals surface area contributed by atoms with E-state index in [-0.39, 0.29) is 28.5 Å². The van der Waals surface area contributed by atoms with Gasteiger partial charge >= 0.3 is 0 Å². The normalized spacial score (nSPS) is 14.8. The molecule has 0 saturated carbocycles. The Morgan fingerprint density at radius 3 is 2.38 bits per heavy atom.